The van der Waals surface area contributed by atoms with Crippen molar-refractivity contribution in [1.82, 2.24) is 0 Å². The van der Waals surface area contributed by atoms with Gasteiger partial charge in [-0.05, 0) is 18.6 Å². The molecule has 0 spiro atoms. The monoisotopic (exact) mass is 248 g/mol. The van der Waals surface area contributed by atoms with E-state index in [0.717, 1.165) is 6.07 Å². The Balaban J connectivity index is 2.93. The van der Waals surface area contributed by atoms with Crippen LogP contribution in [0.15, 0.2) is 18.2 Å². The summed E-state index contributed by atoms with van der Waals surface area (Å²) in [5.74, 6) is -0.0115. The van der Waals surface area contributed by atoms with Crippen LogP contribution in [0.2, 0.25) is 0 Å². The molecule has 3 nitrogen and oxygen atoms in total. The van der Waals surface area contributed by atoms with E-state index >= 15 is 0 Å². The van der Waals surface area contributed by atoms with Gasteiger partial charge in [-0.3, -0.25) is 0 Å². The molecule has 2 unspecified atom stereocenters. The van der Waals surface area contributed by atoms with Crippen LogP contribution < -0.4 is 4.74 Å². The third-order valence-electron chi connectivity index (χ3n) is 2.28. The Kier molecular flexibility index (Phi) is 4.99. The third-order valence-corrected chi connectivity index (χ3v) is 2.50. The highest BCUT2D eigenvalue weighted by molar-refractivity contribution is 6.17. The van der Waals surface area contributed by atoms with Crippen LogP contribution in [-0.4, -0.2) is 29.3 Å². The fraction of sp³-hybridized carbons (Fsp3) is 0.455. The molecular formula is C11H14ClFO3. The lowest BCUT2D eigenvalue weighted by Gasteiger charge is -2.19. The molecule has 2 atom stereocenters. The Morgan fingerprint density at radius 3 is 2.69 bits per heavy atom. The molecule has 2 N–H and O–H groups in total. The van der Waals surface area contributed by atoms with Crippen LogP contribution in [0, 0.1) is 5.82 Å². The molecule has 1 aromatic rings. The van der Waals surface area contributed by atoms with E-state index in [2.05, 4.69) is 0 Å². The summed E-state index contributed by atoms with van der Waals surface area (Å²) < 4.78 is 17.8. The highest BCUT2D eigenvalue weighted by Gasteiger charge is 2.21. The lowest BCUT2D eigenvalue weighted by Crippen LogP contribution is -2.19. The minimum absolute atomic E-state index is 0.209. The van der Waals surface area contributed by atoms with Crippen molar-refractivity contribution in [2.75, 3.05) is 13.0 Å². The maximum atomic E-state index is 12.9. The molecule has 0 aromatic heterocycles. The number of rotatable bonds is 5. The second-order valence-electron chi connectivity index (χ2n) is 3.38. The van der Waals surface area contributed by atoms with E-state index in [4.69, 9.17) is 16.3 Å². The summed E-state index contributed by atoms with van der Waals surface area (Å²) in [4.78, 5) is 0. The lowest BCUT2D eigenvalue weighted by atomic mass is 10.0. The summed E-state index contributed by atoms with van der Waals surface area (Å²) in [5.41, 5.74) is 0.349. The van der Waals surface area contributed by atoms with E-state index in [1.165, 1.54) is 19.2 Å². The van der Waals surface area contributed by atoms with Gasteiger partial charge < -0.3 is 14.9 Å². The van der Waals surface area contributed by atoms with Gasteiger partial charge in [0.2, 0.25) is 0 Å². The van der Waals surface area contributed by atoms with Crippen molar-refractivity contribution in [1.29, 1.82) is 0 Å². The van der Waals surface area contributed by atoms with E-state index in [-0.39, 0.29) is 18.1 Å². The first-order valence-corrected chi connectivity index (χ1v) is 5.39. The standard InChI is InChI=1S/C11H14ClFO3/c1-16-10-6-7(13)2-3-8(10)11(15)9(14)4-5-12/h2-3,6,9,11,14-15H,4-5H2,1H3. The minimum Gasteiger partial charge on any atom is -0.496 e. The minimum atomic E-state index is -1.13. The van der Waals surface area contributed by atoms with E-state index in [1.54, 1.807) is 0 Å². The Morgan fingerprint density at radius 2 is 2.12 bits per heavy atom. The summed E-state index contributed by atoms with van der Waals surface area (Å²) in [7, 11) is 1.37. The molecule has 0 heterocycles. The number of halogens is 2. The third kappa shape index (κ3) is 3.07. The quantitative estimate of drug-likeness (QED) is 0.782. The number of ether oxygens (including phenoxy) is 1. The van der Waals surface area contributed by atoms with Crippen LogP contribution >= 0.6 is 11.6 Å². The second-order valence-corrected chi connectivity index (χ2v) is 3.75. The Labute approximate surface area is 98.4 Å². The highest BCUT2D eigenvalue weighted by Crippen LogP contribution is 2.29. The zero-order valence-corrected chi connectivity index (χ0v) is 9.62. The van der Waals surface area contributed by atoms with Crippen molar-refractivity contribution >= 4 is 11.6 Å². The van der Waals surface area contributed by atoms with Crippen LogP contribution in [-0.2, 0) is 0 Å². The Morgan fingerprint density at radius 1 is 1.44 bits per heavy atom. The maximum Gasteiger partial charge on any atom is 0.127 e. The lowest BCUT2D eigenvalue weighted by molar-refractivity contribution is 0.0156. The zero-order chi connectivity index (χ0) is 12.1. The fourth-order valence-electron chi connectivity index (χ4n) is 1.41. The molecule has 0 radical (unpaired) electrons. The summed E-state index contributed by atoms with van der Waals surface area (Å²) in [6.45, 7) is 0. The second kappa shape index (κ2) is 6.03. The van der Waals surface area contributed by atoms with Crippen molar-refractivity contribution in [3.63, 3.8) is 0 Å². The van der Waals surface area contributed by atoms with Crippen LogP contribution in [0.3, 0.4) is 0 Å². The van der Waals surface area contributed by atoms with E-state index < -0.39 is 18.0 Å². The van der Waals surface area contributed by atoms with Crippen LogP contribution in [0.4, 0.5) is 4.39 Å². The summed E-state index contributed by atoms with van der Waals surface area (Å²) in [6.07, 6.45) is -1.87. The normalized spacial score (nSPS) is 14.6. The molecular weight excluding hydrogens is 235 g/mol. The van der Waals surface area contributed by atoms with Gasteiger partial charge in [0.05, 0.1) is 13.2 Å². The van der Waals surface area contributed by atoms with Gasteiger partial charge in [-0.15, -0.1) is 11.6 Å². The SMILES string of the molecule is COc1cc(F)ccc1C(O)C(O)CCCl. The molecule has 90 valence electrons. The fourth-order valence-corrected chi connectivity index (χ4v) is 1.63. The van der Waals surface area contributed by atoms with Crippen LogP contribution in [0.5, 0.6) is 5.75 Å². The summed E-state index contributed by atoms with van der Waals surface area (Å²) in [6, 6.07) is 3.75. The average molecular weight is 249 g/mol. The molecule has 0 aliphatic heterocycles. The Bertz CT molecular complexity index is 346. The molecule has 1 aromatic carbocycles. The number of alkyl halides is 1. The molecule has 0 aliphatic rings. The molecule has 0 aliphatic carbocycles. The number of aliphatic hydroxyl groups is 2. The first-order chi connectivity index (χ1) is 7.60. The van der Waals surface area contributed by atoms with Crippen LogP contribution in [0.1, 0.15) is 18.1 Å². The predicted molar refractivity (Wildman–Crippen MR) is 59.3 cm³/mol. The molecule has 0 saturated heterocycles. The number of benzene rings is 1. The van der Waals surface area contributed by atoms with Gasteiger partial charge in [0, 0.05) is 17.5 Å². The van der Waals surface area contributed by atoms with Gasteiger partial charge in [-0.1, -0.05) is 0 Å². The highest BCUT2D eigenvalue weighted by atomic mass is 35.5. The number of hydrogen-bond donors (Lipinski definition) is 2. The van der Waals surface area contributed by atoms with Gasteiger partial charge in [0.15, 0.2) is 0 Å². The zero-order valence-electron chi connectivity index (χ0n) is 8.86. The number of aliphatic hydroxyl groups excluding tert-OH is 2. The molecule has 0 saturated carbocycles. The summed E-state index contributed by atoms with van der Waals surface area (Å²) in [5, 5.41) is 19.4. The molecule has 0 amide bonds. The molecule has 5 heteroatoms. The van der Waals surface area contributed by atoms with Gasteiger partial charge in [-0.2, -0.15) is 0 Å². The molecule has 0 fully saturated rings. The van der Waals surface area contributed by atoms with E-state index in [1.807, 2.05) is 0 Å². The van der Waals surface area contributed by atoms with Crippen molar-refractivity contribution in [2.45, 2.75) is 18.6 Å². The smallest absolute Gasteiger partial charge is 0.127 e. The first-order valence-electron chi connectivity index (χ1n) is 4.85. The molecule has 0 bridgehead atoms. The number of hydrogen-bond acceptors (Lipinski definition) is 3. The van der Waals surface area contributed by atoms with Gasteiger partial charge in [0.25, 0.3) is 0 Å². The summed E-state index contributed by atoms with van der Waals surface area (Å²) >= 11 is 5.46. The molecule has 16 heavy (non-hydrogen) atoms. The van der Waals surface area contributed by atoms with Crippen LogP contribution in [0.25, 0.3) is 0 Å². The van der Waals surface area contributed by atoms with Crippen molar-refractivity contribution in [3.8, 4) is 5.75 Å². The largest absolute Gasteiger partial charge is 0.496 e. The van der Waals surface area contributed by atoms with Gasteiger partial charge in [0.1, 0.15) is 17.7 Å². The predicted octanol–water partition coefficient (Wildman–Crippen LogP) is 1.86. The van der Waals surface area contributed by atoms with E-state index in [9.17, 15) is 14.6 Å². The number of methoxy groups -OCH3 is 1. The van der Waals surface area contributed by atoms with E-state index in [0.29, 0.717) is 5.56 Å². The average Bonchev–Trinajstić information content (AvgIpc) is 2.28. The first kappa shape index (κ1) is 13.2. The van der Waals surface area contributed by atoms with Gasteiger partial charge in [-0.25, -0.2) is 4.39 Å². The molecule has 1 rings (SSSR count). The van der Waals surface area contributed by atoms with Crippen molar-refractivity contribution in [3.05, 3.63) is 29.6 Å². The van der Waals surface area contributed by atoms with Crippen molar-refractivity contribution in [2.24, 2.45) is 0 Å². The topological polar surface area (TPSA) is 49.7 Å². The maximum absolute atomic E-state index is 12.9. The van der Waals surface area contributed by atoms with Gasteiger partial charge >= 0.3 is 0 Å². The Hall–Kier alpha value is -0.840. The van der Waals surface area contributed by atoms with Crippen molar-refractivity contribution < 1.29 is 19.3 Å².